The average molecular weight is 414 g/mol. The Hall–Kier alpha value is -2.22. The fourth-order valence-electron chi connectivity index (χ4n) is 4.16. The topological polar surface area (TPSA) is 63.7 Å². The van der Waals surface area contributed by atoms with Gasteiger partial charge in [0.25, 0.3) is 10.0 Å². The highest BCUT2D eigenvalue weighted by atomic mass is 32.2. The van der Waals surface area contributed by atoms with Gasteiger partial charge in [-0.2, -0.15) is 4.31 Å². The number of hydrogen-bond acceptors (Lipinski definition) is 5. The first-order valence-electron chi connectivity index (χ1n) is 9.26. The number of benzene rings is 2. The minimum Gasteiger partial charge on any atom is -0.485 e. The third kappa shape index (κ3) is 2.77. The summed E-state index contributed by atoms with van der Waals surface area (Å²) in [6.45, 7) is 0.710. The Bertz CT molecular complexity index is 1160. The van der Waals surface area contributed by atoms with Crippen molar-refractivity contribution in [3.63, 3.8) is 0 Å². The molecule has 0 aliphatic carbocycles. The molecule has 1 aromatic heterocycles. The van der Waals surface area contributed by atoms with E-state index in [1.54, 1.807) is 17.5 Å². The number of nitrogens with zero attached hydrogens (tertiary/aromatic N) is 1. The van der Waals surface area contributed by atoms with Crippen molar-refractivity contribution >= 4 is 37.9 Å². The molecule has 7 heteroatoms. The minimum absolute atomic E-state index is 0.0709. The van der Waals surface area contributed by atoms with Crippen LogP contribution in [0, 0.1) is 0 Å². The van der Waals surface area contributed by atoms with Crippen molar-refractivity contribution in [3.05, 3.63) is 59.5 Å². The molecule has 28 heavy (non-hydrogen) atoms. The first-order chi connectivity index (χ1) is 13.5. The van der Waals surface area contributed by atoms with Crippen molar-refractivity contribution in [2.45, 2.75) is 29.1 Å². The number of sulfonamides is 1. The zero-order valence-electron chi connectivity index (χ0n) is 15.1. The molecule has 2 aliphatic rings. The predicted molar refractivity (Wildman–Crippen MR) is 109 cm³/mol. The number of piperidine rings is 1. The Morgan fingerprint density at radius 2 is 1.79 bits per heavy atom. The van der Waals surface area contributed by atoms with E-state index in [0.29, 0.717) is 47.9 Å². The second-order valence-electron chi connectivity index (χ2n) is 7.38. The molecule has 5 nitrogen and oxygen atoms in total. The summed E-state index contributed by atoms with van der Waals surface area (Å²) in [6, 6.07) is 15.0. The summed E-state index contributed by atoms with van der Waals surface area (Å²) in [5.41, 5.74) is -0.00618. The smallest absolute Gasteiger partial charge is 0.252 e. The summed E-state index contributed by atoms with van der Waals surface area (Å²) in [4.78, 5) is 12.9. The summed E-state index contributed by atoms with van der Waals surface area (Å²) < 4.78 is 33.9. The van der Waals surface area contributed by atoms with Crippen molar-refractivity contribution < 1.29 is 17.9 Å². The first kappa shape index (κ1) is 17.8. The van der Waals surface area contributed by atoms with Crippen LogP contribution < -0.4 is 4.74 Å². The van der Waals surface area contributed by atoms with Crippen LogP contribution in [0.1, 0.15) is 29.6 Å². The van der Waals surface area contributed by atoms with Crippen LogP contribution in [0.3, 0.4) is 0 Å². The number of fused-ring (bicyclic) bond motifs is 3. The lowest BCUT2D eigenvalue weighted by molar-refractivity contribution is 0.00718. The van der Waals surface area contributed by atoms with Crippen molar-refractivity contribution in [1.29, 1.82) is 0 Å². The summed E-state index contributed by atoms with van der Waals surface area (Å²) in [7, 11) is -3.47. The lowest BCUT2D eigenvalue weighted by Gasteiger charge is -2.43. The molecule has 0 N–H and O–H groups in total. The molecule has 0 atom stereocenters. The van der Waals surface area contributed by atoms with Crippen molar-refractivity contribution in [2.24, 2.45) is 0 Å². The Labute approximate surface area is 167 Å². The van der Waals surface area contributed by atoms with Crippen LogP contribution in [-0.2, 0) is 10.0 Å². The van der Waals surface area contributed by atoms with Gasteiger partial charge in [-0.25, -0.2) is 8.42 Å². The number of thiophene rings is 1. The van der Waals surface area contributed by atoms with E-state index in [9.17, 15) is 13.2 Å². The van der Waals surface area contributed by atoms with Gasteiger partial charge in [0.05, 0.1) is 12.0 Å². The third-order valence-electron chi connectivity index (χ3n) is 5.70. The Balaban J connectivity index is 1.45. The summed E-state index contributed by atoms with van der Waals surface area (Å²) in [5, 5.41) is 3.73. The van der Waals surface area contributed by atoms with E-state index < -0.39 is 15.6 Å². The maximum atomic E-state index is 12.9. The second-order valence-corrected chi connectivity index (χ2v) is 10.5. The quantitative estimate of drug-likeness (QED) is 0.635. The molecule has 2 aromatic carbocycles. The lowest BCUT2D eigenvalue weighted by Crippen LogP contribution is -2.52. The standard InChI is InChI=1S/C21H19NO4S2/c23-18-14-21(26-20-16-5-2-1-4-15(16)7-8-17(18)20)9-11-22(12-10-21)28(24,25)19-6-3-13-27-19/h1-8,13H,9-12,14H2. The minimum atomic E-state index is -3.47. The summed E-state index contributed by atoms with van der Waals surface area (Å²) in [6.07, 6.45) is 1.31. The van der Waals surface area contributed by atoms with E-state index in [-0.39, 0.29) is 5.78 Å². The van der Waals surface area contributed by atoms with E-state index >= 15 is 0 Å². The second kappa shape index (κ2) is 6.40. The van der Waals surface area contributed by atoms with Crippen molar-refractivity contribution in [1.82, 2.24) is 4.31 Å². The molecule has 3 heterocycles. The fraction of sp³-hybridized carbons (Fsp3) is 0.286. The van der Waals surface area contributed by atoms with Crippen LogP contribution in [0.5, 0.6) is 5.75 Å². The monoisotopic (exact) mass is 413 g/mol. The van der Waals surface area contributed by atoms with Crippen molar-refractivity contribution in [3.8, 4) is 5.75 Å². The molecule has 1 fully saturated rings. The van der Waals surface area contributed by atoms with E-state index in [1.165, 1.54) is 15.6 Å². The number of hydrogen-bond donors (Lipinski definition) is 0. The molecule has 144 valence electrons. The van der Waals surface area contributed by atoms with Crippen LogP contribution in [0.4, 0.5) is 0 Å². The van der Waals surface area contributed by atoms with Gasteiger partial charge in [-0.3, -0.25) is 4.79 Å². The van der Waals surface area contributed by atoms with Crippen LogP contribution in [-0.4, -0.2) is 37.2 Å². The van der Waals surface area contributed by atoms with Gasteiger partial charge in [0.15, 0.2) is 5.78 Å². The molecular formula is C21H19NO4S2. The predicted octanol–water partition coefficient (Wildman–Crippen LogP) is 4.09. The van der Waals surface area contributed by atoms with Gasteiger partial charge in [-0.15, -0.1) is 11.3 Å². The molecule has 0 radical (unpaired) electrons. The van der Waals surface area contributed by atoms with Gasteiger partial charge in [0.1, 0.15) is 15.6 Å². The Kier molecular flexibility index (Phi) is 4.08. The van der Waals surface area contributed by atoms with Crippen LogP contribution in [0.25, 0.3) is 10.8 Å². The lowest BCUT2D eigenvalue weighted by atomic mass is 9.82. The van der Waals surface area contributed by atoms with E-state index in [2.05, 4.69) is 0 Å². The Morgan fingerprint density at radius 3 is 2.54 bits per heavy atom. The molecule has 0 amide bonds. The number of ether oxygens (including phenoxy) is 1. The van der Waals surface area contributed by atoms with Gasteiger partial charge >= 0.3 is 0 Å². The third-order valence-corrected chi connectivity index (χ3v) is 8.98. The largest absolute Gasteiger partial charge is 0.485 e. The highest BCUT2D eigenvalue weighted by Gasteiger charge is 2.45. The van der Waals surface area contributed by atoms with E-state index in [1.807, 2.05) is 36.4 Å². The van der Waals surface area contributed by atoms with Crippen LogP contribution in [0.2, 0.25) is 0 Å². The molecule has 2 aliphatic heterocycles. The molecule has 5 rings (SSSR count). The molecule has 3 aromatic rings. The summed E-state index contributed by atoms with van der Waals surface area (Å²) in [5.74, 6) is 0.713. The van der Waals surface area contributed by atoms with Gasteiger partial charge in [0.2, 0.25) is 0 Å². The summed E-state index contributed by atoms with van der Waals surface area (Å²) >= 11 is 1.23. The number of carbonyl (C=O) groups is 1. The SMILES string of the molecule is O=C1CC2(CCN(S(=O)(=O)c3cccs3)CC2)Oc2c1ccc1ccccc21. The van der Waals surface area contributed by atoms with Gasteiger partial charge < -0.3 is 4.74 Å². The maximum absolute atomic E-state index is 12.9. The Morgan fingerprint density at radius 1 is 1.00 bits per heavy atom. The molecular weight excluding hydrogens is 394 g/mol. The number of Topliss-reactive ketones (excluding diaryl/α,β-unsaturated/α-hetero) is 1. The first-order valence-corrected chi connectivity index (χ1v) is 11.6. The van der Waals surface area contributed by atoms with E-state index in [4.69, 9.17) is 4.74 Å². The normalized spacial score (nSPS) is 19.5. The zero-order valence-corrected chi connectivity index (χ0v) is 16.8. The highest BCUT2D eigenvalue weighted by Crippen LogP contribution is 2.43. The van der Waals surface area contributed by atoms with Crippen molar-refractivity contribution in [2.75, 3.05) is 13.1 Å². The number of carbonyl (C=O) groups excluding carboxylic acids is 1. The van der Waals surface area contributed by atoms with Gasteiger partial charge in [-0.05, 0) is 22.9 Å². The van der Waals surface area contributed by atoms with Gasteiger partial charge in [0, 0.05) is 31.3 Å². The van der Waals surface area contributed by atoms with Crippen LogP contribution in [0.15, 0.2) is 58.1 Å². The zero-order chi connectivity index (χ0) is 19.4. The molecule has 1 saturated heterocycles. The number of ketones is 1. The van der Waals surface area contributed by atoms with E-state index in [0.717, 1.165) is 10.8 Å². The maximum Gasteiger partial charge on any atom is 0.252 e. The fourth-order valence-corrected chi connectivity index (χ4v) is 6.75. The molecule has 0 unspecified atom stereocenters. The highest BCUT2D eigenvalue weighted by molar-refractivity contribution is 7.91. The average Bonchev–Trinajstić information content (AvgIpc) is 3.24. The molecule has 0 bridgehead atoms. The van der Waals surface area contributed by atoms with Gasteiger partial charge in [-0.1, -0.05) is 36.4 Å². The molecule has 0 saturated carbocycles. The van der Waals surface area contributed by atoms with Crippen LogP contribution >= 0.6 is 11.3 Å². The molecule has 1 spiro atoms. The number of rotatable bonds is 2.